The number of imide groups is 1. The second-order valence-corrected chi connectivity index (χ2v) is 7.23. The fourth-order valence-electron chi connectivity index (χ4n) is 3.38. The molecule has 2 amide bonds. The summed E-state index contributed by atoms with van der Waals surface area (Å²) in [6, 6.07) is 13.5. The van der Waals surface area contributed by atoms with Crippen LogP contribution in [-0.4, -0.2) is 11.8 Å². The average molecular weight is 422 g/mol. The Bertz CT molecular complexity index is 1270. The Hall–Kier alpha value is -3.87. The van der Waals surface area contributed by atoms with Crippen molar-refractivity contribution in [3.05, 3.63) is 101 Å². The molecule has 0 aromatic heterocycles. The van der Waals surface area contributed by atoms with Gasteiger partial charge in [0.1, 0.15) is 11.5 Å². The summed E-state index contributed by atoms with van der Waals surface area (Å²) in [6.07, 6.45) is 0. The van der Waals surface area contributed by atoms with E-state index in [0.717, 1.165) is 34.2 Å². The molecule has 0 saturated carbocycles. The first-order valence-corrected chi connectivity index (χ1v) is 9.44. The first-order chi connectivity index (χ1) is 14.8. The molecule has 4 rings (SSSR count). The Morgan fingerprint density at radius 2 is 1.55 bits per heavy atom. The molecule has 7 heteroatoms. The van der Waals surface area contributed by atoms with E-state index in [9.17, 15) is 22.8 Å². The molecular formula is C24H17F3N2O2. The minimum absolute atomic E-state index is 0.0575. The number of carbonyl (C=O) groups is 2. The van der Waals surface area contributed by atoms with Gasteiger partial charge >= 0.3 is 0 Å². The Kier molecular flexibility index (Phi) is 5.10. The average Bonchev–Trinajstić information content (AvgIpc) is 2.96. The molecule has 156 valence electrons. The highest BCUT2D eigenvalue weighted by Gasteiger charge is 2.40. The standard InChI is InChI=1S/C24H17F3N2O2/c1-13-6-7-15(10-14(13)2)21-22(28-17-8-9-19(26)20(27)12-17)24(31)29(23(21)30)18-5-3-4-16(25)11-18/h3-12,28H,1-2H3. The number of amides is 2. The second kappa shape index (κ2) is 7.75. The maximum atomic E-state index is 13.8. The Morgan fingerprint density at radius 1 is 0.774 bits per heavy atom. The summed E-state index contributed by atoms with van der Waals surface area (Å²) in [6.45, 7) is 3.78. The number of carbonyl (C=O) groups excluding carboxylic acids is 2. The van der Waals surface area contributed by atoms with Crippen LogP contribution in [0.2, 0.25) is 0 Å². The van der Waals surface area contributed by atoms with E-state index in [1.54, 1.807) is 12.1 Å². The summed E-state index contributed by atoms with van der Waals surface area (Å²) in [5.41, 5.74) is 2.49. The smallest absolute Gasteiger partial charge is 0.282 e. The van der Waals surface area contributed by atoms with Gasteiger partial charge in [0.25, 0.3) is 11.8 Å². The highest BCUT2D eigenvalue weighted by Crippen LogP contribution is 2.34. The number of anilines is 2. The van der Waals surface area contributed by atoms with Crippen molar-refractivity contribution in [1.82, 2.24) is 0 Å². The number of hydrogen-bond acceptors (Lipinski definition) is 3. The van der Waals surface area contributed by atoms with E-state index < -0.39 is 29.3 Å². The third-order valence-corrected chi connectivity index (χ3v) is 5.13. The SMILES string of the molecule is Cc1ccc(C2=C(Nc3ccc(F)c(F)c3)C(=O)N(c3cccc(F)c3)C2=O)cc1C. The third-order valence-electron chi connectivity index (χ3n) is 5.13. The van der Waals surface area contributed by atoms with Crippen molar-refractivity contribution in [3.8, 4) is 0 Å². The third kappa shape index (κ3) is 3.70. The minimum Gasteiger partial charge on any atom is -0.350 e. The topological polar surface area (TPSA) is 49.4 Å². The van der Waals surface area contributed by atoms with Crippen molar-refractivity contribution in [3.63, 3.8) is 0 Å². The van der Waals surface area contributed by atoms with Gasteiger partial charge in [0, 0.05) is 11.8 Å². The predicted octanol–water partition coefficient (Wildman–Crippen LogP) is 5.12. The summed E-state index contributed by atoms with van der Waals surface area (Å²) in [5, 5.41) is 2.75. The molecule has 31 heavy (non-hydrogen) atoms. The minimum atomic E-state index is -1.10. The zero-order valence-electron chi connectivity index (χ0n) is 16.7. The Labute approximate surface area is 176 Å². The van der Waals surface area contributed by atoms with Crippen LogP contribution in [0.15, 0.2) is 66.4 Å². The van der Waals surface area contributed by atoms with E-state index in [1.807, 2.05) is 19.9 Å². The van der Waals surface area contributed by atoms with E-state index in [-0.39, 0.29) is 22.6 Å². The number of benzene rings is 3. The molecule has 1 N–H and O–H groups in total. The molecule has 1 heterocycles. The van der Waals surface area contributed by atoms with Gasteiger partial charge in [-0.05, 0) is 60.9 Å². The zero-order valence-corrected chi connectivity index (χ0v) is 16.7. The molecule has 0 spiro atoms. The van der Waals surface area contributed by atoms with Crippen LogP contribution in [0.3, 0.4) is 0 Å². The highest BCUT2D eigenvalue weighted by atomic mass is 19.2. The van der Waals surface area contributed by atoms with Gasteiger partial charge in [0.15, 0.2) is 11.6 Å². The Balaban J connectivity index is 1.85. The van der Waals surface area contributed by atoms with E-state index in [0.29, 0.717) is 5.56 Å². The van der Waals surface area contributed by atoms with Crippen molar-refractivity contribution < 1.29 is 22.8 Å². The molecule has 3 aromatic carbocycles. The van der Waals surface area contributed by atoms with Crippen LogP contribution in [0.1, 0.15) is 16.7 Å². The van der Waals surface area contributed by atoms with Crippen LogP contribution in [-0.2, 0) is 9.59 Å². The molecule has 4 nitrogen and oxygen atoms in total. The summed E-state index contributed by atoms with van der Waals surface area (Å²) >= 11 is 0. The van der Waals surface area contributed by atoms with Crippen molar-refractivity contribution >= 4 is 28.8 Å². The van der Waals surface area contributed by atoms with Crippen LogP contribution in [0, 0.1) is 31.3 Å². The van der Waals surface area contributed by atoms with Crippen LogP contribution < -0.4 is 10.2 Å². The fraction of sp³-hybridized carbons (Fsp3) is 0.0833. The molecule has 1 aliphatic rings. The van der Waals surface area contributed by atoms with Gasteiger partial charge in [0.2, 0.25) is 0 Å². The van der Waals surface area contributed by atoms with Gasteiger partial charge in [-0.1, -0.05) is 24.3 Å². The summed E-state index contributed by atoms with van der Waals surface area (Å²) in [4.78, 5) is 27.4. The van der Waals surface area contributed by atoms with Crippen molar-refractivity contribution in [2.45, 2.75) is 13.8 Å². The molecule has 0 saturated heterocycles. The molecule has 0 unspecified atom stereocenters. The van der Waals surface area contributed by atoms with Crippen molar-refractivity contribution in [2.24, 2.45) is 0 Å². The van der Waals surface area contributed by atoms with Crippen LogP contribution >= 0.6 is 0 Å². The lowest BCUT2D eigenvalue weighted by atomic mass is 9.99. The number of halogens is 3. The van der Waals surface area contributed by atoms with Crippen LogP contribution in [0.4, 0.5) is 24.5 Å². The van der Waals surface area contributed by atoms with Gasteiger partial charge in [-0.25, -0.2) is 18.1 Å². The molecule has 3 aromatic rings. The lowest BCUT2D eigenvalue weighted by molar-refractivity contribution is -0.120. The lowest BCUT2D eigenvalue weighted by Crippen LogP contribution is -2.32. The van der Waals surface area contributed by atoms with E-state index in [1.165, 1.54) is 24.3 Å². The molecule has 0 bridgehead atoms. The van der Waals surface area contributed by atoms with Crippen molar-refractivity contribution in [1.29, 1.82) is 0 Å². The van der Waals surface area contributed by atoms with Gasteiger partial charge in [0.05, 0.1) is 11.3 Å². The monoisotopic (exact) mass is 422 g/mol. The van der Waals surface area contributed by atoms with Gasteiger partial charge in [-0.15, -0.1) is 0 Å². The van der Waals surface area contributed by atoms with E-state index >= 15 is 0 Å². The molecule has 1 aliphatic heterocycles. The van der Waals surface area contributed by atoms with Crippen LogP contribution in [0.25, 0.3) is 5.57 Å². The van der Waals surface area contributed by atoms with Crippen LogP contribution in [0.5, 0.6) is 0 Å². The predicted molar refractivity (Wildman–Crippen MR) is 112 cm³/mol. The molecule has 0 fully saturated rings. The van der Waals surface area contributed by atoms with Gasteiger partial charge in [-0.3, -0.25) is 9.59 Å². The largest absolute Gasteiger partial charge is 0.350 e. The maximum absolute atomic E-state index is 13.8. The quantitative estimate of drug-likeness (QED) is 0.594. The summed E-state index contributed by atoms with van der Waals surface area (Å²) in [7, 11) is 0. The number of hydrogen-bond donors (Lipinski definition) is 1. The molecular weight excluding hydrogens is 405 g/mol. The van der Waals surface area contributed by atoms with Gasteiger partial charge in [-0.2, -0.15) is 0 Å². The Morgan fingerprint density at radius 3 is 2.23 bits per heavy atom. The zero-order chi connectivity index (χ0) is 22.3. The molecule has 0 atom stereocenters. The number of rotatable bonds is 4. The van der Waals surface area contributed by atoms with E-state index in [4.69, 9.17) is 0 Å². The van der Waals surface area contributed by atoms with Crippen molar-refractivity contribution in [2.75, 3.05) is 10.2 Å². The summed E-state index contributed by atoms with van der Waals surface area (Å²) < 4.78 is 40.8. The van der Waals surface area contributed by atoms with E-state index in [2.05, 4.69) is 5.32 Å². The number of nitrogens with one attached hydrogen (secondary N) is 1. The highest BCUT2D eigenvalue weighted by molar-refractivity contribution is 6.46. The fourth-order valence-corrected chi connectivity index (χ4v) is 3.38. The summed E-state index contributed by atoms with van der Waals surface area (Å²) in [5.74, 6) is -4.12. The first kappa shape index (κ1) is 20.4. The number of nitrogens with zero attached hydrogens (tertiary/aromatic N) is 1. The number of aryl methyl sites for hydroxylation is 2. The second-order valence-electron chi connectivity index (χ2n) is 7.23. The molecule has 0 aliphatic carbocycles. The van der Waals surface area contributed by atoms with Gasteiger partial charge < -0.3 is 5.32 Å². The first-order valence-electron chi connectivity index (χ1n) is 9.44. The lowest BCUT2D eigenvalue weighted by Gasteiger charge is -2.15. The molecule has 0 radical (unpaired) electrons. The normalized spacial score (nSPS) is 13.9. The maximum Gasteiger partial charge on any atom is 0.282 e.